The highest BCUT2D eigenvalue weighted by molar-refractivity contribution is 6.94. The number of benzene rings is 8. The SMILES string of the molecule is CC(C)(C)c1ccc(N2B3c4cc5c(cc4-n4c6ccc(C(C)(C)C)cc6c6c7c(c(c3c64)-c3cc4c(cc32)Cc2cc(C(C)(C)C)ccc2-4)-c2ccccc2C7(C)C)-c2ccccc2C5(C)C)cc1. The Kier molecular flexibility index (Phi) is 8.00. The van der Waals surface area contributed by atoms with Crippen molar-refractivity contribution < 1.29 is 0 Å². The Morgan fingerprint density at radius 3 is 1.79 bits per heavy atom. The van der Waals surface area contributed by atoms with Crippen molar-refractivity contribution >= 4 is 51.0 Å². The molecule has 5 aliphatic rings. The molecule has 0 amide bonds. The first kappa shape index (κ1) is 42.3. The zero-order valence-corrected chi connectivity index (χ0v) is 43.4. The van der Waals surface area contributed by atoms with Gasteiger partial charge in [0.2, 0.25) is 0 Å². The molecule has 1 aromatic heterocycles. The monoisotopic (exact) mass is 907 g/mol. The van der Waals surface area contributed by atoms with Gasteiger partial charge in [-0.05, 0) is 165 Å². The number of hydrogen-bond donors (Lipinski definition) is 0. The summed E-state index contributed by atoms with van der Waals surface area (Å²) in [4.78, 5) is 2.79. The number of aromatic nitrogens is 1. The summed E-state index contributed by atoms with van der Waals surface area (Å²) in [5.41, 5.74) is 32.7. The summed E-state index contributed by atoms with van der Waals surface area (Å²) in [6.07, 6.45) is 0.935. The van der Waals surface area contributed by atoms with E-state index < -0.39 is 0 Å². The quantitative estimate of drug-likeness (QED) is 0.149. The van der Waals surface area contributed by atoms with E-state index in [9.17, 15) is 0 Å². The lowest BCUT2D eigenvalue weighted by atomic mass is 9.43. The summed E-state index contributed by atoms with van der Waals surface area (Å²) < 4.78 is 2.73. The summed E-state index contributed by atoms with van der Waals surface area (Å²) in [6, 6.07) is 53.5. The molecule has 0 atom stereocenters. The molecule has 3 heterocycles. The molecule has 0 radical (unpaired) electrons. The van der Waals surface area contributed by atoms with E-state index in [0.717, 1.165) is 6.42 Å². The Hall–Kier alpha value is -6.58. The van der Waals surface area contributed by atoms with Gasteiger partial charge in [0.05, 0.1) is 11.0 Å². The molecule has 70 heavy (non-hydrogen) atoms. The fourth-order valence-electron chi connectivity index (χ4n) is 14.1. The van der Waals surface area contributed by atoms with E-state index >= 15 is 0 Å². The Morgan fingerprint density at radius 1 is 0.471 bits per heavy atom. The van der Waals surface area contributed by atoms with Crippen molar-refractivity contribution in [2.45, 2.75) is 124 Å². The molecule has 2 aliphatic heterocycles. The van der Waals surface area contributed by atoms with E-state index in [1.54, 1.807) is 0 Å². The van der Waals surface area contributed by atoms with Gasteiger partial charge in [-0.1, -0.05) is 181 Å². The van der Waals surface area contributed by atoms with Gasteiger partial charge in [0.25, 0.3) is 0 Å². The normalized spacial score (nSPS) is 16.2. The van der Waals surface area contributed by atoms with Gasteiger partial charge in [0.15, 0.2) is 0 Å². The van der Waals surface area contributed by atoms with Gasteiger partial charge in [0.1, 0.15) is 0 Å². The van der Waals surface area contributed by atoms with Crippen molar-refractivity contribution in [2.24, 2.45) is 0 Å². The minimum Gasteiger partial charge on any atom is -0.376 e. The van der Waals surface area contributed by atoms with Gasteiger partial charge in [-0.25, -0.2) is 0 Å². The van der Waals surface area contributed by atoms with Crippen LogP contribution in [0.25, 0.3) is 72.0 Å². The lowest BCUT2D eigenvalue weighted by Crippen LogP contribution is -2.61. The molecule has 344 valence electrons. The van der Waals surface area contributed by atoms with Gasteiger partial charge >= 0.3 is 6.85 Å². The molecular formula is C67H63BN2. The smallest absolute Gasteiger partial charge is 0.333 e. The van der Waals surface area contributed by atoms with Gasteiger partial charge in [-0.2, -0.15) is 0 Å². The molecule has 3 aliphatic carbocycles. The standard InChI is InChI=1S/C67H63BN2/c1-63(2,3)39-22-26-42(27-23-39)70-55-32-38-30-37-31-40(64(4,5)6)24-28-43(37)46(38)34-49(55)58-57-45-19-15-17-21-51(45)67(12,13)60(57)59-48-33-41(65(7,8)9)25-29-54(48)69-56-35-47-44-18-14-16-20-50(44)66(10,11)52(47)36-53(56)68(70)61(58)62(59)69/h14-29,31-36H,30H2,1-13H3. The first-order valence-electron chi connectivity index (χ1n) is 25.9. The Bertz CT molecular complexity index is 3850. The van der Waals surface area contributed by atoms with Gasteiger partial charge in [-0.3, -0.25) is 0 Å². The molecule has 3 heteroatoms. The highest BCUT2D eigenvalue weighted by Gasteiger charge is 2.51. The molecule has 0 unspecified atom stereocenters. The maximum absolute atomic E-state index is 2.79. The second-order valence-electron chi connectivity index (χ2n) is 25.8. The molecule has 8 aromatic carbocycles. The molecule has 14 rings (SSSR count). The van der Waals surface area contributed by atoms with Crippen LogP contribution in [0.2, 0.25) is 0 Å². The maximum Gasteiger partial charge on any atom is 0.333 e. The van der Waals surface area contributed by atoms with Crippen molar-refractivity contribution in [3.63, 3.8) is 0 Å². The van der Waals surface area contributed by atoms with E-state index in [1.165, 1.54) is 144 Å². The summed E-state index contributed by atoms with van der Waals surface area (Å²) in [7, 11) is 0. The molecule has 0 saturated carbocycles. The Balaban J connectivity index is 1.20. The van der Waals surface area contributed by atoms with Crippen molar-refractivity contribution in [3.05, 3.63) is 184 Å². The molecule has 0 N–H and O–H groups in total. The average molecular weight is 907 g/mol. The third-order valence-electron chi connectivity index (χ3n) is 17.8. The fourth-order valence-corrected chi connectivity index (χ4v) is 14.1. The zero-order chi connectivity index (χ0) is 48.5. The van der Waals surface area contributed by atoms with Crippen LogP contribution in [-0.2, 0) is 33.5 Å². The van der Waals surface area contributed by atoms with Crippen molar-refractivity contribution in [1.82, 2.24) is 4.57 Å². The maximum atomic E-state index is 2.79. The lowest BCUT2D eigenvalue weighted by Gasteiger charge is -2.44. The largest absolute Gasteiger partial charge is 0.376 e. The second-order valence-corrected chi connectivity index (χ2v) is 25.8. The third kappa shape index (κ3) is 5.31. The number of hydrogen-bond acceptors (Lipinski definition) is 1. The van der Waals surface area contributed by atoms with E-state index in [-0.39, 0.29) is 33.9 Å². The van der Waals surface area contributed by atoms with E-state index in [0.29, 0.717) is 0 Å². The van der Waals surface area contributed by atoms with E-state index in [1.807, 2.05) is 0 Å². The van der Waals surface area contributed by atoms with Crippen LogP contribution in [0.1, 0.15) is 140 Å². The summed E-state index contributed by atoms with van der Waals surface area (Å²) in [5, 5.41) is 2.78. The Morgan fingerprint density at radius 2 is 1.09 bits per heavy atom. The Labute approximate surface area is 415 Å². The van der Waals surface area contributed by atoms with Crippen LogP contribution in [0.15, 0.2) is 133 Å². The van der Waals surface area contributed by atoms with Crippen molar-refractivity contribution in [2.75, 3.05) is 4.81 Å². The molecule has 0 saturated heterocycles. The third-order valence-corrected chi connectivity index (χ3v) is 17.8. The van der Waals surface area contributed by atoms with Crippen LogP contribution in [0.3, 0.4) is 0 Å². The molecule has 0 bridgehead atoms. The van der Waals surface area contributed by atoms with Crippen molar-refractivity contribution in [3.8, 4) is 50.2 Å². The second kappa shape index (κ2) is 13.2. The van der Waals surface area contributed by atoms with Crippen LogP contribution < -0.4 is 15.7 Å². The van der Waals surface area contributed by atoms with Crippen LogP contribution in [0.4, 0.5) is 11.4 Å². The van der Waals surface area contributed by atoms with Crippen LogP contribution in [0.5, 0.6) is 0 Å². The molecule has 2 nitrogen and oxygen atoms in total. The molecule has 9 aromatic rings. The highest BCUT2D eigenvalue weighted by Crippen LogP contribution is 2.60. The van der Waals surface area contributed by atoms with Crippen molar-refractivity contribution in [1.29, 1.82) is 0 Å². The van der Waals surface area contributed by atoms with Gasteiger partial charge in [0, 0.05) is 44.2 Å². The predicted molar refractivity (Wildman–Crippen MR) is 299 cm³/mol. The van der Waals surface area contributed by atoms with Gasteiger partial charge in [-0.15, -0.1) is 0 Å². The molecule has 0 fully saturated rings. The lowest BCUT2D eigenvalue weighted by molar-refractivity contribution is 0.589. The fraction of sp³-hybridized carbons (Fsp3) is 0.284. The highest BCUT2D eigenvalue weighted by atomic mass is 15.1. The zero-order valence-electron chi connectivity index (χ0n) is 43.4. The number of nitrogens with zero attached hydrogens (tertiary/aromatic N) is 2. The van der Waals surface area contributed by atoms with E-state index in [2.05, 4.69) is 233 Å². The van der Waals surface area contributed by atoms with Gasteiger partial charge < -0.3 is 9.38 Å². The number of fused-ring (bicyclic) bond motifs is 19. The average Bonchev–Trinajstić information content (AvgIpc) is 3.99. The summed E-state index contributed by atoms with van der Waals surface area (Å²) in [6.45, 7) is 30.9. The minimum absolute atomic E-state index is 0.0194. The first-order chi connectivity index (χ1) is 33.1. The van der Waals surface area contributed by atoms with Crippen LogP contribution in [0, 0.1) is 0 Å². The summed E-state index contributed by atoms with van der Waals surface area (Å²) >= 11 is 0. The number of rotatable bonds is 1. The first-order valence-corrected chi connectivity index (χ1v) is 25.9. The predicted octanol–water partition coefficient (Wildman–Crippen LogP) is 16.1. The van der Waals surface area contributed by atoms with Crippen LogP contribution >= 0.6 is 0 Å². The number of anilines is 2. The molecular weight excluding hydrogens is 844 g/mol. The van der Waals surface area contributed by atoms with Crippen LogP contribution in [-0.4, -0.2) is 11.4 Å². The van der Waals surface area contributed by atoms with E-state index in [4.69, 9.17) is 0 Å². The summed E-state index contributed by atoms with van der Waals surface area (Å²) in [5.74, 6) is 0. The minimum atomic E-state index is -0.249. The molecule has 0 spiro atoms. The topological polar surface area (TPSA) is 8.17 Å².